The molecule has 5 nitrogen and oxygen atoms in total. The number of rotatable bonds is 5. The van der Waals surface area contributed by atoms with E-state index in [1.807, 2.05) is 10.9 Å². The van der Waals surface area contributed by atoms with Crippen LogP contribution in [0.4, 0.5) is 0 Å². The smallest absolute Gasteiger partial charge is 0.0734 e. The lowest BCUT2D eigenvalue weighted by molar-refractivity contribution is 0.632. The molecule has 0 amide bonds. The number of aromatic nitrogens is 4. The van der Waals surface area contributed by atoms with Gasteiger partial charge >= 0.3 is 0 Å². The molecule has 16 heavy (non-hydrogen) atoms. The van der Waals surface area contributed by atoms with Crippen LogP contribution in [-0.4, -0.2) is 25.9 Å². The Morgan fingerprint density at radius 2 is 2.31 bits per heavy atom. The lowest BCUT2D eigenvalue weighted by Gasteiger charge is -2.12. The topological polar surface area (TPSA) is 55.6 Å². The summed E-state index contributed by atoms with van der Waals surface area (Å²) in [6, 6.07) is 0.158. The van der Waals surface area contributed by atoms with Crippen LogP contribution in [0.3, 0.4) is 0 Å². The van der Waals surface area contributed by atoms with Crippen molar-refractivity contribution in [2.24, 2.45) is 0 Å². The quantitative estimate of drug-likeness (QED) is 0.855. The molecule has 0 saturated heterocycles. The van der Waals surface area contributed by atoms with Crippen molar-refractivity contribution in [3.05, 3.63) is 29.0 Å². The fourth-order valence-electron chi connectivity index (χ4n) is 1.59. The van der Waals surface area contributed by atoms with Crippen LogP contribution in [-0.2, 0) is 6.54 Å². The normalized spacial score (nSPS) is 12.9. The first-order chi connectivity index (χ1) is 7.85. The molecule has 2 aromatic rings. The van der Waals surface area contributed by atoms with E-state index in [2.05, 4.69) is 40.0 Å². The Balaban J connectivity index is 2.25. The lowest BCUT2D eigenvalue weighted by Crippen LogP contribution is -2.20. The van der Waals surface area contributed by atoms with Gasteiger partial charge in [-0.1, -0.05) is 11.4 Å². The first-order valence-electron chi connectivity index (χ1n) is 5.38. The van der Waals surface area contributed by atoms with Crippen LogP contribution in [0, 0.1) is 0 Å². The van der Waals surface area contributed by atoms with Crippen molar-refractivity contribution in [1.29, 1.82) is 0 Å². The zero-order valence-corrected chi connectivity index (χ0v) is 10.2. The Bertz CT molecular complexity index is 422. The molecule has 2 rings (SSSR count). The van der Waals surface area contributed by atoms with E-state index in [-0.39, 0.29) is 6.04 Å². The molecule has 1 unspecified atom stereocenters. The van der Waals surface area contributed by atoms with Gasteiger partial charge in [0.2, 0.25) is 0 Å². The number of aryl methyl sites for hydroxylation is 1. The standard InChI is InChI=1S/C10H15N5S/c1-3-11-10(9-6-12-14-16-9)8-5-13-15(4-2)7-8/h5-7,10-11H,3-4H2,1-2H3. The third-order valence-corrected chi connectivity index (χ3v) is 3.11. The molecule has 1 atom stereocenters. The predicted octanol–water partition coefficient (Wildman–Crippen LogP) is 1.45. The molecule has 0 aromatic carbocycles. The second-order valence-corrected chi connectivity index (χ2v) is 4.26. The van der Waals surface area contributed by atoms with Gasteiger partial charge in [-0.25, -0.2) is 0 Å². The molecule has 1 N–H and O–H groups in total. The van der Waals surface area contributed by atoms with Crippen molar-refractivity contribution in [3.63, 3.8) is 0 Å². The van der Waals surface area contributed by atoms with E-state index < -0.39 is 0 Å². The van der Waals surface area contributed by atoms with Crippen molar-refractivity contribution in [2.75, 3.05) is 6.54 Å². The van der Waals surface area contributed by atoms with Crippen LogP contribution in [0.1, 0.15) is 30.3 Å². The molecule has 0 aliphatic rings. The summed E-state index contributed by atoms with van der Waals surface area (Å²) in [4.78, 5) is 1.12. The highest BCUT2D eigenvalue weighted by Gasteiger charge is 2.16. The molecular formula is C10H15N5S. The highest BCUT2D eigenvalue weighted by atomic mass is 32.1. The van der Waals surface area contributed by atoms with Crippen molar-refractivity contribution in [2.45, 2.75) is 26.4 Å². The molecule has 86 valence electrons. The summed E-state index contributed by atoms with van der Waals surface area (Å²) in [5.74, 6) is 0. The average molecular weight is 237 g/mol. The van der Waals surface area contributed by atoms with Gasteiger partial charge in [0.25, 0.3) is 0 Å². The van der Waals surface area contributed by atoms with Gasteiger partial charge in [-0.2, -0.15) is 5.10 Å². The Morgan fingerprint density at radius 3 is 2.88 bits per heavy atom. The fourth-order valence-corrected chi connectivity index (χ4v) is 2.20. The number of hydrogen-bond donors (Lipinski definition) is 1. The van der Waals surface area contributed by atoms with Crippen LogP contribution < -0.4 is 5.32 Å². The molecule has 0 saturated carbocycles. The third-order valence-electron chi connectivity index (χ3n) is 2.38. The second kappa shape index (κ2) is 5.18. The Labute approximate surface area is 98.7 Å². The van der Waals surface area contributed by atoms with Gasteiger partial charge in [0.05, 0.1) is 23.3 Å². The Hall–Kier alpha value is -1.27. The summed E-state index contributed by atoms with van der Waals surface area (Å²) < 4.78 is 5.83. The largest absolute Gasteiger partial charge is 0.306 e. The van der Waals surface area contributed by atoms with Crippen LogP contribution in [0.5, 0.6) is 0 Å². The molecular weight excluding hydrogens is 222 g/mol. The number of hydrogen-bond acceptors (Lipinski definition) is 5. The highest BCUT2D eigenvalue weighted by Crippen LogP contribution is 2.23. The van der Waals surface area contributed by atoms with Crippen LogP contribution >= 0.6 is 11.5 Å². The number of nitrogens with one attached hydrogen (secondary N) is 1. The first-order valence-corrected chi connectivity index (χ1v) is 6.15. The van der Waals surface area contributed by atoms with Gasteiger partial charge in [-0.3, -0.25) is 4.68 Å². The van der Waals surface area contributed by atoms with E-state index in [1.54, 1.807) is 6.20 Å². The van der Waals surface area contributed by atoms with Crippen LogP contribution in [0.25, 0.3) is 0 Å². The zero-order valence-electron chi connectivity index (χ0n) is 9.42. The van der Waals surface area contributed by atoms with E-state index in [9.17, 15) is 0 Å². The minimum atomic E-state index is 0.158. The Kier molecular flexibility index (Phi) is 3.63. The minimum Gasteiger partial charge on any atom is -0.306 e. The fraction of sp³-hybridized carbons (Fsp3) is 0.500. The second-order valence-electron chi connectivity index (χ2n) is 3.44. The van der Waals surface area contributed by atoms with E-state index in [0.717, 1.165) is 23.5 Å². The maximum absolute atomic E-state index is 4.29. The summed E-state index contributed by atoms with van der Waals surface area (Å²) in [5, 5.41) is 11.6. The average Bonchev–Trinajstić information content (AvgIpc) is 2.97. The molecule has 2 aromatic heterocycles. The number of nitrogens with zero attached hydrogens (tertiary/aromatic N) is 4. The van der Waals surface area contributed by atoms with Gasteiger partial charge < -0.3 is 5.32 Å². The third kappa shape index (κ3) is 2.28. The molecule has 0 fully saturated rings. The molecule has 0 bridgehead atoms. The maximum Gasteiger partial charge on any atom is 0.0734 e. The summed E-state index contributed by atoms with van der Waals surface area (Å²) in [5.41, 5.74) is 1.16. The lowest BCUT2D eigenvalue weighted by atomic mass is 10.1. The molecule has 0 spiro atoms. The van der Waals surface area contributed by atoms with Crippen LogP contribution in [0.15, 0.2) is 18.6 Å². The molecule has 0 aliphatic heterocycles. The molecule has 2 heterocycles. The van der Waals surface area contributed by atoms with Crippen molar-refractivity contribution in [1.82, 2.24) is 24.7 Å². The summed E-state index contributed by atoms with van der Waals surface area (Å²) in [6.07, 6.45) is 5.77. The van der Waals surface area contributed by atoms with Crippen molar-refractivity contribution in [3.8, 4) is 0 Å². The molecule has 0 radical (unpaired) electrons. The summed E-state index contributed by atoms with van der Waals surface area (Å²) in [6.45, 7) is 5.96. The van der Waals surface area contributed by atoms with E-state index in [0.29, 0.717) is 0 Å². The zero-order chi connectivity index (χ0) is 11.4. The van der Waals surface area contributed by atoms with Crippen molar-refractivity contribution < 1.29 is 0 Å². The van der Waals surface area contributed by atoms with Gasteiger partial charge in [-0.05, 0) is 25.0 Å². The van der Waals surface area contributed by atoms with Gasteiger partial charge in [0.1, 0.15) is 0 Å². The van der Waals surface area contributed by atoms with E-state index in [1.165, 1.54) is 11.5 Å². The highest BCUT2D eigenvalue weighted by molar-refractivity contribution is 7.05. The summed E-state index contributed by atoms with van der Waals surface area (Å²) >= 11 is 1.42. The van der Waals surface area contributed by atoms with Crippen LogP contribution in [0.2, 0.25) is 0 Å². The summed E-state index contributed by atoms with van der Waals surface area (Å²) in [7, 11) is 0. The van der Waals surface area contributed by atoms with Gasteiger partial charge in [0, 0.05) is 18.3 Å². The van der Waals surface area contributed by atoms with E-state index >= 15 is 0 Å². The first kappa shape index (κ1) is 11.2. The van der Waals surface area contributed by atoms with Gasteiger partial charge in [0.15, 0.2) is 0 Å². The Morgan fingerprint density at radius 1 is 1.44 bits per heavy atom. The predicted molar refractivity (Wildman–Crippen MR) is 63.3 cm³/mol. The maximum atomic E-state index is 4.29. The minimum absolute atomic E-state index is 0.158. The molecule has 6 heteroatoms. The van der Waals surface area contributed by atoms with E-state index in [4.69, 9.17) is 0 Å². The van der Waals surface area contributed by atoms with Crippen molar-refractivity contribution >= 4 is 11.5 Å². The SMILES string of the molecule is CCNC(c1cnn(CC)c1)c1cnns1. The monoisotopic (exact) mass is 237 g/mol. The van der Waals surface area contributed by atoms with Gasteiger partial charge in [-0.15, -0.1) is 5.10 Å². The molecule has 0 aliphatic carbocycles.